The number of sulfonamides is 1. The molecule has 3 aliphatic rings. The van der Waals surface area contributed by atoms with Gasteiger partial charge >= 0.3 is 11.8 Å². The number of nitrogens with zero attached hydrogens (tertiary/aromatic N) is 1. The first-order valence-electron chi connectivity index (χ1n) is 11.6. The molecule has 10 nitrogen and oxygen atoms in total. The summed E-state index contributed by atoms with van der Waals surface area (Å²) < 4.78 is 44.5. The zero-order valence-electron chi connectivity index (χ0n) is 18.6. The van der Waals surface area contributed by atoms with Gasteiger partial charge in [-0.05, 0) is 31.4 Å². The molecule has 4 rings (SSSR count). The largest absolute Gasteiger partial charge is 0.486 e. The predicted molar refractivity (Wildman–Crippen MR) is 118 cm³/mol. The summed E-state index contributed by atoms with van der Waals surface area (Å²) >= 11 is 0. The summed E-state index contributed by atoms with van der Waals surface area (Å²) in [7, 11) is -3.92. The van der Waals surface area contributed by atoms with Crippen molar-refractivity contribution in [3.63, 3.8) is 0 Å². The van der Waals surface area contributed by atoms with Crippen LogP contribution in [0.3, 0.4) is 0 Å². The molecule has 2 heterocycles. The van der Waals surface area contributed by atoms with Gasteiger partial charge < -0.3 is 24.8 Å². The van der Waals surface area contributed by atoms with Crippen molar-refractivity contribution in [2.24, 2.45) is 0 Å². The highest BCUT2D eigenvalue weighted by molar-refractivity contribution is 7.89. The van der Waals surface area contributed by atoms with Crippen molar-refractivity contribution in [3.05, 3.63) is 18.2 Å². The Hall–Kier alpha value is -2.37. The van der Waals surface area contributed by atoms with Crippen LogP contribution in [-0.4, -0.2) is 69.7 Å². The second kappa shape index (κ2) is 10.7. The van der Waals surface area contributed by atoms with Gasteiger partial charge in [0.15, 0.2) is 11.5 Å². The van der Waals surface area contributed by atoms with Crippen LogP contribution in [0.15, 0.2) is 23.1 Å². The molecule has 2 fully saturated rings. The maximum absolute atomic E-state index is 13.3. The van der Waals surface area contributed by atoms with E-state index in [1.807, 2.05) is 0 Å². The molecular weight excluding hydrogens is 450 g/mol. The first-order chi connectivity index (χ1) is 15.9. The van der Waals surface area contributed by atoms with Crippen molar-refractivity contribution in [1.82, 2.24) is 14.9 Å². The summed E-state index contributed by atoms with van der Waals surface area (Å²) in [6.45, 7) is 1.24. The molecule has 11 heteroatoms. The van der Waals surface area contributed by atoms with E-state index in [-0.39, 0.29) is 24.0 Å². The Kier molecular flexibility index (Phi) is 7.71. The molecule has 0 spiro atoms. The maximum atomic E-state index is 13.3. The van der Waals surface area contributed by atoms with E-state index < -0.39 is 28.1 Å². The van der Waals surface area contributed by atoms with Crippen LogP contribution < -0.4 is 20.1 Å². The molecule has 1 aliphatic carbocycles. The van der Waals surface area contributed by atoms with Crippen molar-refractivity contribution in [2.45, 2.75) is 62.1 Å². The Morgan fingerprint density at radius 3 is 2.42 bits per heavy atom. The van der Waals surface area contributed by atoms with Crippen LogP contribution in [0.2, 0.25) is 0 Å². The number of amides is 2. The number of hydrogen-bond acceptors (Lipinski definition) is 7. The molecule has 0 bridgehead atoms. The summed E-state index contributed by atoms with van der Waals surface area (Å²) in [6.07, 6.45) is 5.71. The average molecular weight is 482 g/mol. The molecule has 0 radical (unpaired) electrons. The van der Waals surface area contributed by atoms with Crippen LogP contribution in [0.4, 0.5) is 0 Å². The van der Waals surface area contributed by atoms with E-state index in [2.05, 4.69) is 10.6 Å². The number of carbonyl (C=O) groups excluding carboxylic acids is 2. The van der Waals surface area contributed by atoms with E-state index in [0.717, 1.165) is 38.5 Å². The first kappa shape index (κ1) is 23.8. The van der Waals surface area contributed by atoms with E-state index >= 15 is 0 Å². The zero-order valence-corrected chi connectivity index (χ0v) is 19.4. The van der Waals surface area contributed by atoms with Crippen molar-refractivity contribution in [3.8, 4) is 11.5 Å². The molecule has 1 aromatic carbocycles. The Labute approximate surface area is 194 Å². The highest BCUT2D eigenvalue weighted by atomic mass is 32.2. The van der Waals surface area contributed by atoms with Gasteiger partial charge in [-0.3, -0.25) is 9.59 Å². The lowest BCUT2D eigenvalue weighted by atomic mass is 10.1. The summed E-state index contributed by atoms with van der Waals surface area (Å²) in [5, 5.41) is 5.33. The summed E-state index contributed by atoms with van der Waals surface area (Å²) in [4.78, 5) is 24.7. The second-order valence-corrected chi connectivity index (χ2v) is 10.4. The maximum Gasteiger partial charge on any atom is 0.309 e. The lowest BCUT2D eigenvalue weighted by Gasteiger charge is -2.34. The molecule has 33 heavy (non-hydrogen) atoms. The summed E-state index contributed by atoms with van der Waals surface area (Å²) in [6, 6.07) is 4.48. The minimum atomic E-state index is -3.92. The van der Waals surface area contributed by atoms with Crippen LogP contribution in [0.5, 0.6) is 11.5 Å². The van der Waals surface area contributed by atoms with Gasteiger partial charge in [0, 0.05) is 18.7 Å². The number of rotatable bonds is 5. The first-order valence-corrected chi connectivity index (χ1v) is 13.0. The molecular formula is C22H31N3O7S. The zero-order chi connectivity index (χ0) is 23.3. The quantitative estimate of drug-likeness (QED) is 0.478. The number of nitrogens with one attached hydrogen (secondary N) is 2. The topological polar surface area (TPSA) is 123 Å². The lowest BCUT2D eigenvalue weighted by molar-refractivity contribution is -0.140. The second-order valence-electron chi connectivity index (χ2n) is 8.47. The summed E-state index contributed by atoms with van der Waals surface area (Å²) in [5.74, 6) is -0.608. The minimum Gasteiger partial charge on any atom is -0.486 e. The Morgan fingerprint density at radius 1 is 0.939 bits per heavy atom. The highest BCUT2D eigenvalue weighted by Crippen LogP contribution is 2.34. The van der Waals surface area contributed by atoms with E-state index in [1.165, 1.54) is 16.4 Å². The van der Waals surface area contributed by atoms with Gasteiger partial charge in [-0.15, -0.1) is 0 Å². The molecule has 0 aromatic heterocycles. The third-order valence-corrected chi connectivity index (χ3v) is 7.99. The number of benzene rings is 1. The van der Waals surface area contributed by atoms with Crippen LogP contribution in [0.1, 0.15) is 44.9 Å². The summed E-state index contributed by atoms with van der Waals surface area (Å²) in [5.41, 5.74) is 0. The Morgan fingerprint density at radius 2 is 1.67 bits per heavy atom. The number of carbonyl (C=O) groups is 2. The van der Waals surface area contributed by atoms with Crippen LogP contribution in [0, 0.1) is 0 Å². The Bertz CT molecular complexity index is 961. The molecule has 2 aliphatic heterocycles. The van der Waals surface area contributed by atoms with Crippen molar-refractivity contribution < 1.29 is 32.2 Å². The number of hydrogen-bond donors (Lipinski definition) is 2. The van der Waals surface area contributed by atoms with Gasteiger partial charge in [0.05, 0.1) is 18.0 Å². The number of ether oxygens (including phenoxy) is 3. The van der Waals surface area contributed by atoms with Crippen molar-refractivity contribution in [2.75, 3.05) is 32.9 Å². The van der Waals surface area contributed by atoms with E-state index in [4.69, 9.17) is 14.2 Å². The smallest absolute Gasteiger partial charge is 0.309 e. The normalized spacial score (nSPS) is 22.2. The molecule has 1 saturated heterocycles. The van der Waals surface area contributed by atoms with Gasteiger partial charge in [-0.1, -0.05) is 25.7 Å². The standard InChI is InChI=1S/C22H31N3O7S/c26-21(22(27)24-16-6-3-1-2-4-7-16)23-15-20-25(10-5-11-32-20)33(28,29)17-8-9-18-19(14-17)31-13-12-30-18/h8-9,14,16,20H,1-7,10-13,15H2,(H,23,26)(H,24,27)/t20-/m0/s1. The molecule has 2 amide bonds. The molecule has 1 atom stereocenters. The van der Waals surface area contributed by atoms with Crippen molar-refractivity contribution in [1.29, 1.82) is 0 Å². The van der Waals surface area contributed by atoms with Crippen LogP contribution in [0.25, 0.3) is 0 Å². The monoisotopic (exact) mass is 481 g/mol. The molecule has 0 unspecified atom stereocenters. The fourth-order valence-electron chi connectivity index (χ4n) is 4.36. The van der Waals surface area contributed by atoms with Gasteiger partial charge in [-0.25, -0.2) is 8.42 Å². The lowest BCUT2D eigenvalue weighted by Crippen LogP contribution is -2.53. The van der Waals surface area contributed by atoms with Gasteiger partial charge in [0.1, 0.15) is 19.4 Å². The Balaban J connectivity index is 1.38. The number of fused-ring (bicyclic) bond motifs is 1. The molecule has 2 N–H and O–H groups in total. The molecule has 1 aromatic rings. The minimum absolute atomic E-state index is 0.00349. The third kappa shape index (κ3) is 5.77. The average Bonchev–Trinajstić information content (AvgIpc) is 3.11. The van der Waals surface area contributed by atoms with Crippen molar-refractivity contribution >= 4 is 21.8 Å². The van der Waals surface area contributed by atoms with Crippen LogP contribution >= 0.6 is 0 Å². The van der Waals surface area contributed by atoms with E-state index in [9.17, 15) is 18.0 Å². The van der Waals surface area contributed by atoms with E-state index in [0.29, 0.717) is 37.7 Å². The fourth-order valence-corrected chi connectivity index (χ4v) is 5.94. The fraction of sp³-hybridized carbons (Fsp3) is 0.636. The van der Waals surface area contributed by atoms with Gasteiger partial charge in [-0.2, -0.15) is 4.31 Å². The van der Waals surface area contributed by atoms with Gasteiger partial charge in [0.25, 0.3) is 0 Å². The SMILES string of the molecule is O=C(NC[C@@H]1OCCCN1S(=O)(=O)c1ccc2c(c1)OCCO2)C(=O)NC1CCCCCC1. The third-order valence-electron chi connectivity index (χ3n) is 6.11. The predicted octanol–water partition coefficient (Wildman–Crippen LogP) is 1.15. The highest BCUT2D eigenvalue weighted by Gasteiger charge is 2.35. The molecule has 182 valence electrons. The van der Waals surface area contributed by atoms with Gasteiger partial charge in [0.2, 0.25) is 10.0 Å². The molecule has 1 saturated carbocycles. The van der Waals surface area contributed by atoms with E-state index in [1.54, 1.807) is 6.07 Å². The van der Waals surface area contributed by atoms with Crippen LogP contribution in [-0.2, 0) is 24.3 Å².